The fourth-order valence-corrected chi connectivity index (χ4v) is 2.92. The van der Waals surface area contributed by atoms with E-state index in [0.717, 1.165) is 33.0 Å². The monoisotopic (exact) mass is 304 g/mol. The number of hydrogen-bond acceptors (Lipinski definition) is 3. The molecule has 114 valence electrons. The molecule has 0 aliphatic rings. The van der Waals surface area contributed by atoms with Crippen LogP contribution in [0.4, 0.5) is 0 Å². The number of fused-ring (bicyclic) bond motifs is 2. The molecule has 0 spiro atoms. The van der Waals surface area contributed by atoms with E-state index in [1.807, 2.05) is 6.92 Å². The summed E-state index contributed by atoms with van der Waals surface area (Å²) in [6.07, 6.45) is 1.76. The van der Waals surface area contributed by atoms with Gasteiger partial charge in [-0.2, -0.15) is 0 Å². The summed E-state index contributed by atoms with van der Waals surface area (Å²) in [5, 5.41) is 1.97. The van der Waals surface area contributed by atoms with Gasteiger partial charge >= 0.3 is 5.63 Å². The number of hydrogen-bond donors (Lipinski definition) is 0. The Hall–Kier alpha value is -2.81. The number of benzene rings is 2. The molecule has 2 aromatic heterocycles. The van der Waals surface area contributed by atoms with Crippen LogP contribution in [0.2, 0.25) is 0 Å². The standard InChI is InChI=1S/C20H16O3/c1-11-4-6-14(7-5-11)17-10-22-18-9-19-15(8-16(17)18)12(2)13(3)20(21)23-19/h4-10H,1-3H3. The maximum atomic E-state index is 11.9. The normalized spacial score (nSPS) is 11.4. The summed E-state index contributed by atoms with van der Waals surface area (Å²) in [4.78, 5) is 11.9. The van der Waals surface area contributed by atoms with Crippen LogP contribution in [0.15, 0.2) is 56.3 Å². The first-order valence-corrected chi connectivity index (χ1v) is 7.57. The second-order valence-corrected chi connectivity index (χ2v) is 6.00. The maximum Gasteiger partial charge on any atom is 0.339 e. The lowest BCUT2D eigenvalue weighted by Crippen LogP contribution is -2.05. The van der Waals surface area contributed by atoms with E-state index in [0.29, 0.717) is 11.1 Å². The molecular formula is C20H16O3. The van der Waals surface area contributed by atoms with Crippen LogP contribution < -0.4 is 5.63 Å². The molecule has 0 aliphatic heterocycles. The molecular weight excluding hydrogens is 288 g/mol. The summed E-state index contributed by atoms with van der Waals surface area (Å²) in [7, 11) is 0. The fraction of sp³-hybridized carbons (Fsp3) is 0.150. The van der Waals surface area contributed by atoms with Crippen molar-refractivity contribution in [3.05, 3.63) is 69.8 Å². The van der Waals surface area contributed by atoms with Gasteiger partial charge in [-0.15, -0.1) is 0 Å². The molecule has 23 heavy (non-hydrogen) atoms. The summed E-state index contributed by atoms with van der Waals surface area (Å²) >= 11 is 0. The predicted octanol–water partition coefficient (Wildman–Crippen LogP) is 5.13. The summed E-state index contributed by atoms with van der Waals surface area (Å²) in [5.41, 5.74) is 5.98. The fourth-order valence-electron chi connectivity index (χ4n) is 2.92. The van der Waals surface area contributed by atoms with Crippen LogP contribution in [-0.4, -0.2) is 0 Å². The van der Waals surface area contributed by atoms with E-state index in [4.69, 9.17) is 8.83 Å². The molecule has 0 radical (unpaired) electrons. The van der Waals surface area contributed by atoms with Gasteiger partial charge in [-0.25, -0.2) is 4.79 Å². The lowest BCUT2D eigenvalue weighted by molar-refractivity contribution is 0.552. The summed E-state index contributed by atoms with van der Waals surface area (Å²) < 4.78 is 11.1. The molecule has 0 saturated carbocycles. The van der Waals surface area contributed by atoms with Gasteiger partial charge in [-0.3, -0.25) is 0 Å². The zero-order valence-corrected chi connectivity index (χ0v) is 13.3. The molecule has 0 fully saturated rings. The third-order valence-electron chi connectivity index (χ3n) is 4.51. The minimum Gasteiger partial charge on any atom is -0.464 e. The molecule has 0 unspecified atom stereocenters. The van der Waals surface area contributed by atoms with Crippen LogP contribution in [0.3, 0.4) is 0 Å². The minimum atomic E-state index is -0.292. The molecule has 0 atom stereocenters. The van der Waals surface area contributed by atoms with Gasteiger partial charge in [0.05, 0.1) is 6.26 Å². The van der Waals surface area contributed by atoms with Crippen molar-refractivity contribution in [3.63, 3.8) is 0 Å². The Balaban J connectivity index is 2.05. The van der Waals surface area contributed by atoms with Gasteiger partial charge in [0.1, 0.15) is 11.2 Å². The van der Waals surface area contributed by atoms with Crippen LogP contribution in [0.25, 0.3) is 33.1 Å². The zero-order chi connectivity index (χ0) is 16.1. The van der Waals surface area contributed by atoms with Gasteiger partial charge in [0.15, 0.2) is 0 Å². The van der Waals surface area contributed by atoms with Crippen LogP contribution in [0, 0.1) is 20.8 Å². The highest BCUT2D eigenvalue weighted by atomic mass is 16.4. The van der Waals surface area contributed by atoms with Gasteiger partial charge in [0.2, 0.25) is 0 Å². The van der Waals surface area contributed by atoms with Crippen LogP contribution in [0.5, 0.6) is 0 Å². The predicted molar refractivity (Wildman–Crippen MR) is 91.9 cm³/mol. The van der Waals surface area contributed by atoms with Gasteiger partial charge in [0.25, 0.3) is 0 Å². The van der Waals surface area contributed by atoms with E-state index in [9.17, 15) is 4.79 Å². The second kappa shape index (κ2) is 4.85. The van der Waals surface area contributed by atoms with E-state index >= 15 is 0 Å². The van der Waals surface area contributed by atoms with Crippen molar-refractivity contribution in [1.82, 2.24) is 0 Å². The van der Waals surface area contributed by atoms with E-state index in [2.05, 4.69) is 37.3 Å². The first kappa shape index (κ1) is 13.8. The lowest BCUT2D eigenvalue weighted by atomic mass is 10.0. The van der Waals surface area contributed by atoms with Crippen molar-refractivity contribution >= 4 is 21.9 Å². The number of rotatable bonds is 1. The van der Waals surface area contributed by atoms with Crippen molar-refractivity contribution in [3.8, 4) is 11.1 Å². The smallest absolute Gasteiger partial charge is 0.339 e. The van der Waals surface area contributed by atoms with Crippen LogP contribution in [0.1, 0.15) is 16.7 Å². The van der Waals surface area contributed by atoms with Crippen molar-refractivity contribution < 1.29 is 8.83 Å². The first-order valence-electron chi connectivity index (χ1n) is 7.57. The zero-order valence-electron chi connectivity index (χ0n) is 13.3. The Morgan fingerprint density at radius 1 is 0.826 bits per heavy atom. The number of aryl methyl sites for hydroxylation is 2. The maximum absolute atomic E-state index is 11.9. The van der Waals surface area contributed by atoms with Crippen molar-refractivity contribution in [2.75, 3.05) is 0 Å². The van der Waals surface area contributed by atoms with E-state index in [1.165, 1.54) is 5.56 Å². The Morgan fingerprint density at radius 2 is 1.57 bits per heavy atom. The summed E-state index contributed by atoms with van der Waals surface area (Å²) in [5.74, 6) is 0. The molecule has 3 nitrogen and oxygen atoms in total. The Labute approximate surface area is 133 Å². The third-order valence-corrected chi connectivity index (χ3v) is 4.51. The van der Waals surface area contributed by atoms with Crippen molar-refractivity contribution in [2.24, 2.45) is 0 Å². The first-order chi connectivity index (χ1) is 11.0. The molecule has 0 bridgehead atoms. The highest BCUT2D eigenvalue weighted by molar-refractivity contribution is 6.02. The molecule has 0 N–H and O–H groups in total. The molecule has 2 heterocycles. The molecule has 2 aromatic carbocycles. The van der Waals surface area contributed by atoms with Crippen molar-refractivity contribution in [1.29, 1.82) is 0 Å². The van der Waals surface area contributed by atoms with E-state index in [1.54, 1.807) is 19.3 Å². The Bertz CT molecular complexity index is 1100. The molecule has 3 heteroatoms. The average Bonchev–Trinajstić information content (AvgIpc) is 2.95. The quantitative estimate of drug-likeness (QED) is 0.458. The average molecular weight is 304 g/mol. The van der Waals surface area contributed by atoms with Gasteiger partial charge in [-0.1, -0.05) is 29.8 Å². The van der Waals surface area contributed by atoms with Crippen molar-refractivity contribution in [2.45, 2.75) is 20.8 Å². The second-order valence-electron chi connectivity index (χ2n) is 6.00. The molecule has 0 aliphatic carbocycles. The van der Waals surface area contributed by atoms with Gasteiger partial charge in [0, 0.05) is 28.0 Å². The topological polar surface area (TPSA) is 43.4 Å². The van der Waals surface area contributed by atoms with Crippen LogP contribution >= 0.6 is 0 Å². The Morgan fingerprint density at radius 3 is 2.30 bits per heavy atom. The highest BCUT2D eigenvalue weighted by Gasteiger charge is 2.13. The minimum absolute atomic E-state index is 0.292. The summed E-state index contributed by atoms with van der Waals surface area (Å²) in [6.45, 7) is 5.81. The molecule has 0 amide bonds. The Kier molecular flexibility index (Phi) is 2.91. The summed E-state index contributed by atoms with van der Waals surface area (Å²) in [6, 6.07) is 12.2. The van der Waals surface area contributed by atoms with Gasteiger partial charge in [-0.05, 0) is 38.0 Å². The van der Waals surface area contributed by atoms with Crippen LogP contribution in [-0.2, 0) is 0 Å². The van der Waals surface area contributed by atoms with Gasteiger partial charge < -0.3 is 8.83 Å². The third kappa shape index (κ3) is 2.08. The molecule has 0 saturated heterocycles. The molecule has 4 rings (SSSR count). The SMILES string of the molecule is Cc1ccc(-c2coc3cc4oc(=O)c(C)c(C)c4cc23)cc1. The number of furan rings is 1. The molecule has 4 aromatic rings. The van der Waals surface area contributed by atoms with E-state index in [-0.39, 0.29) is 5.63 Å². The van der Waals surface area contributed by atoms with E-state index < -0.39 is 0 Å². The highest BCUT2D eigenvalue weighted by Crippen LogP contribution is 2.34. The lowest BCUT2D eigenvalue weighted by Gasteiger charge is -2.05. The largest absolute Gasteiger partial charge is 0.464 e.